The molecule has 1 amide bonds. The molecular weight excluding hydrogens is 388 g/mol. The van der Waals surface area contributed by atoms with E-state index in [-0.39, 0.29) is 11.4 Å². The summed E-state index contributed by atoms with van der Waals surface area (Å²) >= 11 is 0. The third kappa shape index (κ3) is 6.14. The number of nitro benzene ring substituents is 1. The maximum Gasteiger partial charge on any atom is 0.271 e. The quantitative estimate of drug-likeness (QED) is 0.356. The Labute approximate surface area is 164 Å². The summed E-state index contributed by atoms with van der Waals surface area (Å²) in [6.07, 6.45) is 1.70. The summed E-state index contributed by atoms with van der Waals surface area (Å²) in [4.78, 5) is 25.1. The summed E-state index contributed by atoms with van der Waals surface area (Å²) in [5, 5.41) is 13.7. The fraction of sp³-hybridized carbons (Fsp3) is 0.588. The van der Waals surface area contributed by atoms with Crippen LogP contribution in [0.4, 0.5) is 11.4 Å². The van der Waals surface area contributed by atoms with Gasteiger partial charge in [0.05, 0.1) is 30.1 Å². The van der Waals surface area contributed by atoms with Crippen LogP contribution in [0.5, 0.6) is 0 Å². The average molecular weight is 414 g/mol. The minimum Gasteiger partial charge on any atom is -0.379 e. The molecule has 10 nitrogen and oxygen atoms in total. The van der Waals surface area contributed by atoms with Gasteiger partial charge in [0, 0.05) is 31.8 Å². The number of nitro groups is 1. The van der Waals surface area contributed by atoms with Crippen LogP contribution in [0, 0.1) is 10.1 Å². The van der Waals surface area contributed by atoms with Crippen molar-refractivity contribution in [2.24, 2.45) is 0 Å². The molecule has 11 heteroatoms. The number of rotatable bonds is 9. The Balaban J connectivity index is 2.00. The predicted octanol–water partition coefficient (Wildman–Crippen LogP) is 0.588. The second kappa shape index (κ2) is 9.80. The zero-order valence-electron chi connectivity index (χ0n) is 16.0. The lowest BCUT2D eigenvalue weighted by atomic mass is 10.2. The summed E-state index contributed by atoms with van der Waals surface area (Å²) < 4.78 is 30.7. The van der Waals surface area contributed by atoms with Gasteiger partial charge in [-0.15, -0.1) is 0 Å². The monoisotopic (exact) mass is 414 g/mol. The standard InChI is InChI=1S/C17H26N4O6S/c1-14(17(22)18-7-4-8-19-9-11-27-12-10-19)20(28(2,25)26)15-5-3-6-16(13-15)21(23)24/h3,5-6,13-14H,4,7-12H2,1-2H3,(H,18,22)/t14-/m1/s1. The highest BCUT2D eigenvalue weighted by molar-refractivity contribution is 7.92. The van der Waals surface area contributed by atoms with Gasteiger partial charge in [-0.1, -0.05) is 6.07 Å². The van der Waals surface area contributed by atoms with E-state index >= 15 is 0 Å². The Hall–Kier alpha value is -2.24. The molecule has 1 aliphatic heterocycles. The van der Waals surface area contributed by atoms with Crippen LogP contribution in [0.1, 0.15) is 13.3 Å². The van der Waals surface area contributed by atoms with E-state index in [1.807, 2.05) is 0 Å². The van der Waals surface area contributed by atoms with E-state index in [4.69, 9.17) is 4.74 Å². The number of sulfonamides is 1. The summed E-state index contributed by atoms with van der Waals surface area (Å²) in [5.74, 6) is -0.459. The van der Waals surface area contributed by atoms with Gasteiger partial charge >= 0.3 is 0 Å². The van der Waals surface area contributed by atoms with Crippen LogP contribution in [-0.2, 0) is 19.6 Å². The molecule has 0 saturated carbocycles. The van der Waals surface area contributed by atoms with E-state index in [2.05, 4.69) is 10.2 Å². The van der Waals surface area contributed by atoms with Gasteiger partial charge in [-0.05, 0) is 26.0 Å². The molecule has 0 aromatic heterocycles. The highest BCUT2D eigenvalue weighted by Crippen LogP contribution is 2.25. The van der Waals surface area contributed by atoms with Crippen molar-refractivity contribution >= 4 is 27.3 Å². The van der Waals surface area contributed by atoms with Gasteiger partial charge in [0.25, 0.3) is 5.69 Å². The highest BCUT2D eigenvalue weighted by Gasteiger charge is 2.29. The van der Waals surface area contributed by atoms with Gasteiger partial charge in [0.15, 0.2) is 0 Å². The maximum atomic E-state index is 12.5. The molecule has 0 unspecified atom stereocenters. The first kappa shape index (κ1) is 22.1. The zero-order valence-corrected chi connectivity index (χ0v) is 16.9. The average Bonchev–Trinajstić information content (AvgIpc) is 2.65. The minimum atomic E-state index is -3.82. The molecule has 1 aromatic carbocycles. The van der Waals surface area contributed by atoms with Crippen LogP contribution in [0.15, 0.2) is 24.3 Å². The van der Waals surface area contributed by atoms with Crippen LogP contribution in [0.25, 0.3) is 0 Å². The lowest BCUT2D eigenvalue weighted by Gasteiger charge is -2.28. The molecule has 1 atom stereocenters. The van der Waals surface area contributed by atoms with E-state index in [0.29, 0.717) is 19.8 Å². The number of hydrogen-bond donors (Lipinski definition) is 1. The molecule has 1 saturated heterocycles. The fourth-order valence-electron chi connectivity index (χ4n) is 3.04. The number of ether oxygens (including phenoxy) is 1. The van der Waals surface area contributed by atoms with Crippen molar-refractivity contribution in [3.63, 3.8) is 0 Å². The smallest absolute Gasteiger partial charge is 0.271 e. The number of non-ortho nitro benzene ring substituents is 1. The molecular formula is C17H26N4O6S. The summed E-state index contributed by atoms with van der Waals surface area (Å²) in [7, 11) is -3.82. The largest absolute Gasteiger partial charge is 0.379 e. The van der Waals surface area contributed by atoms with Crippen LogP contribution in [-0.4, -0.2) is 75.8 Å². The molecule has 1 fully saturated rings. The first-order chi connectivity index (χ1) is 13.2. The van der Waals surface area contributed by atoms with Crippen LogP contribution in [0.3, 0.4) is 0 Å². The number of amides is 1. The molecule has 0 spiro atoms. The summed E-state index contributed by atoms with van der Waals surface area (Å²) in [5.41, 5.74) is -0.170. The van der Waals surface area contributed by atoms with Crippen molar-refractivity contribution in [2.45, 2.75) is 19.4 Å². The maximum absolute atomic E-state index is 12.5. The number of morpholine rings is 1. The van der Waals surface area contributed by atoms with Gasteiger partial charge in [0.2, 0.25) is 15.9 Å². The number of hydrogen-bond acceptors (Lipinski definition) is 7. The van der Waals surface area contributed by atoms with Gasteiger partial charge in [0.1, 0.15) is 6.04 Å². The van der Waals surface area contributed by atoms with Crippen molar-refractivity contribution in [3.8, 4) is 0 Å². The van der Waals surface area contributed by atoms with Crippen LogP contribution >= 0.6 is 0 Å². The van der Waals surface area contributed by atoms with E-state index in [1.165, 1.54) is 25.1 Å². The van der Waals surface area contributed by atoms with E-state index < -0.39 is 26.9 Å². The molecule has 28 heavy (non-hydrogen) atoms. The predicted molar refractivity (Wildman–Crippen MR) is 105 cm³/mol. The molecule has 0 aliphatic carbocycles. The van der Waals surface area contributed by atoms with Crippen molar-refractivity contribution in [1.29, 1.82) is 0 Å². The Kier molecular flexibility index (Phi) is 7.72. The topological polar surface area (TPSA) is 122 Å². The molecule has 156 valence electrons. The number of carbonyl (C=O) groups is 1. The summed E-state index contributed by atoms with van der Waals surface area (Å²) in [6, 6.07) is 4.18. The Morgan fingerprint density at radius 1 is 1.39 bits per heavy atom. The summed E-state index contributed by atoms with van der Waals surface area (Å²) in [6.45, 7) is 5.81. The lowest BCUT2D eigenvalue weighted by Crippen LogP contribution is -2.48. The molecule has 2 rings (SSSR count). The molecule has 0 radical (unpaired) electrons. The number of nitrogens with zero attached hydrogens (tertiary/aromatic N) is 3. The number of carbonyl (C=O) groups excluding carboxylic acids is 1. The second-order valence-corrected chi connectivity index (χ2v) is 8.47. The SMILES string of the molecule is C[C@H](C(=O)NCCCN1CCOCC1)N(c1cccc([N+](=O)[O-])c1)S(C)(=O)=O. The second-order valence-electron chi connectivity index (χ2n) is 6.61. The Morgan fingerprint density at radius 3 is 2.68 bits per heavy atom. The minimum absolute atomic E-state index is 0.0765. The van der Waals surface area contributed by atoms with Crippen molar-refractivity contribution < 1.29 is 22.9 Å². The fourth-order valence-corrected chi connectivity index (χ4v) is 4.21. The van der Waals surface area contributed by atoms with Crippen LogP contribution in [0.2, 0.25) is 0 Å². The van der Waals surface area contributed by atoms with Crippen molar-refractivity contribution in [1.82, 2.24) is 10.2 Å². The van der Waals surface area contributed by atoms with Gasteiger partial charge in [-0.25, -0.2) is 8.42 Å². The van der Waals surface area contributed by atoms with E-state index in [9.17, 15) is 23.3 Å². The van der Waals surface area contributed by atoms with Crippen LogP contribution < -0.4 is 9.62 Å². The number of anilines is 1. The molecule has 1 N–H and O–H groups in total. The molecule has 0 bridgehead atoms. The van der Waals surface area contributed by atoms with Crippen molar-refractivity contribution in [3.05, 3.63) is 34.4 Å². The zero-order chi connectivity index (χ0) is 20.7. The normalized spacial score (nSPS) is 16.4. The highest BCUT2D eigenvalue weighted by atomic mass is 32.2. The van der Waals surface area contributed by atoms with Gasteiger partial charge in [-0.2, -0.15) is 0 Å². The number of benzene rings is 1. The van der Waals surface area contributed by atoms with E-state index in [1.54, 1.807) is 0 Å². The third-order valence-electron chi connectivity index (χ3n) is 4.44. The van der Waals surface area contributed by atoms with Crippen molar-refractivity contribution in [2.75, 3.05) is 50.0 Å². The molecule has 1 aromatic rings. The third-order valence-corrected chi connectivity index (χ3v) is 5.68. The first-order valence-electron chi connectivity index (χ1n) is 9.02. The molecule has 1 aliphatic rings. The Morgan fingerprint density at radius 2 is 2.07 bits per heavy atom. The van der Waals surface area contributed by atoms with E-state index in [0.717, 1.165) is 42.7 Å². The lowest BCUT2D eigenvalue weighted by molar-refractivity contribution is -0.384. The van der Waals surface area contributed by atoms with Gasteiger partial charge in [-0.3, -0.25) is 24.1 Å². The first-order valence-corrected chi connectivity index (χ1v) is 10.9. The Bertz CT molecular complexity index is 795. The molecule has 1 heterocycles. The number of nitrogens with one attached hydrogen (secondary N) is 1. The van der Waals surface area contributed by atoms with Gasteiger partial charge < -0.3 is 10.1 Å².